The Labute approximate surface area is 112 Å². The highest BCUT2D eigenvalue weighted by atomic mass is 32.1. The Morgan fingerprint density at radius 2 is 1.83 bits per heavy atom. The van der Waals surface area contributed by atoms with Gasteiger partial charge in [0.05, 0.1) is 18.0 Å². The number of aryl methyl sites for hydroxylation is 1. The Balaban J connectivity index is 2.51. The number of thiophene rings is 1. The summed E-state index contributed by atoms with van der Waals surface area (Å²) in [5, 5.41) is 0. The molecule has 0 saturated heterocycles. The van der Waals surface area contributed by atoms with Gasteiger partial charge >= 0.3 is 0 Å². The van der Waals surface area contributed by atoms with E-state index >= 15 is 0 Å². The monoisotopic (exact) mass is 268 g/mol. The third-order valence-corrected chi connectivity index (χ3v) is 3.87. The van der Waals surface area contributed by atoms with Gasteiger partial charge in [-0.25, -0.2) is 0 Å². The van der Waals surface area contributed by atoms with Crippen LogP contribution in [0.1, 0.15) is 21.5 Å². The molecule has 0 atom stereocenters. The first-order chi connectivity index (χ1) is 8.43. The summed E-state index contributed by atoms with van der Waals surface area (Å²) in [6.07, 6.45) is 0.951. The highest BCUT2D eigenvalue weighted by Gasteiger charge is 2.14. The average molecular weight is 268 g/mol. The average Bonchev–Trinajstić information content (AvgIpc) is 2.76. The number of rotatable bonds is 6. The van der Waals surface area contributed by atoms with Crippen molar-refractivity contribution in [3.05, 3.63) is 21.9 Å². The minimum atomic E-state index is 0.00530. The van der Waals surface area contributed by atoms with Crippen molar-refractivity contribution >= 4 is 23.0 Å². The SMILES string of the molecule is CCc1ccc(C(=O)CN(C)CC(=O)N(C)C)s1. The normalized spacial score (nSPS) is 10.7. The predicted octanol–water partition coefficient (Wildman–Crippen LogP) is 1.51. The van der Waals surface area contributed by atoms with Gasteiger partial charge in [-0.2, -0.15) is 0 Å². The van der Waals surface area contributed by atoms with Crippen LogP contribution in [0.5, 0.6) is 0 Å². The van der Waals surface area contributed by atoms with E-state index in [-0.39, 0.29) is 24.8 Å². The molecule has 0 fully saturated rings. The molecule has 1 aromatic heterocycles. The van der Waals surface area contributed by atoms with Gasteiger partial charge < -0.3 is 4.90 Å². The molecule has 0 spiro atoms. The Bertz CT molecular complexity index is 426. The van der Waals surface area contributed by atoms with Gasteiger partial charge in [0.25, 0.3) is 0 Å². The van der Waals surface area contributed by atoms with Crippen LogP contribution >= 0.6 is 11.3 Å². The summed E-state index contributed by atoms with van der Waals surface area (Å²) >= 11 is 1.54. The Kier molecular flexibility index (Phi) is 5.50. The Morgan fingerprint density at radius 3 is 2.33 bits per heavy atom. The molecule has 1 rings (SSSR count). The van der Waals surface area contributed by atoms with Crippen molar-refractivity contribution in [3.8, 4) is 0 Å². The zero-order chi connectivity index (χ0) is 13.7. The number of Topliss-reactive ketones (excluding diaryl/α,β-unsaturated/α-hetero) is 1. The first kappa shape index (κ1) is 14.9. The van der Waals surface area contributed by atoms with Gasteiger partial charge in [-0.3, -0.25) is 14.5 Å². The van der Waals surface area contributed by atoms with Gasteiger partial charge in [0.1, 0.15) is 0 Å². The maximum Gasteiger partial charge on any atom is 0.236 e. The van der Waals surface area contributed by atoms with Crippen molar-refractivity contribution in [1.82, 2.24) is 9.80 Å². The summed E-state index contributed by atoms with van der Waals surface area (Å²) in [6.45, 7) is 2.62. The summed E-state index contributed by atoms with van der Waals surface area (Å²) in [5.74, 6) is 0.0829. The lowest BCUT2D eigenvalue weighted by Crippen LogP contribution is -2.36. The molecular formula is C13H20N2O2S. The van der Waals surface area contributed by atoms with Crippen molar-refractivity contribution in [2.45, 2.75) is 13.3 Å². The minimum Gasteiger partial charge on any atom is -0.348 e. The third kappa shape index (κ3) is 4.23. The molecule has 5 heteroatoms. The second-order valence-corrected chi connectivity index (χ2v) is 5.67. The second kappa shape index (κ2) is 6.66. The number of nitrogens with zero attached hydrogens (tertiary/aromatic N) is 2. The van der Waals surface area contributed by atoms with Crippen molar-refractivity contribution in [2.75, 3.05) is 34.2 Å². The second-order valence-electron chi connectivity index (χ2n) is 4.50. The van der Waals surface area contributed by atoms with Gasteiger partial charge in [0.15, 0.2) is 5.78 Å². The zero-order valence-corrected chi connectivity index (χ0v) is 12.2. The van der Waals surface area contributed by atoms with Gasteiger partial charge in [0.2, 0.25) is 5.91 Å². The van der Waals surface area contributed by atoms with Gasteiger partial charge in [-0.05, 0) is 25.6 Å². The van der Waals surface area contributed by atoms with Crippen LogP contribution < -0.4 is 0 Å². The van der Waals surface area contributed by atoms with E-state index in [1.54, 1.807) is 26.0 Å². The molecule has 1 aromatic rings. The van der Waals surface area contributed by atoms with Crippen LogP contribution in [0, 0.1) is 0 Å². The zero-order valence-electron chi connectivity index (χ0n) is 11.4. The van der Waals surface area contributed by atoms with Crippen molar-refractivity contribution in [1.29, 1.82) is 0 Å². The number of hydrogen-bond donors (Lipinski definition) is 0. The van der Waals surface area contributed by atoms with Crippen molar-refractivity contribution in [3.63, 3.8) is 0 Å². The predicted molar refractivity (Wildman–Crippen MR) is 74.2 cm³/mol. The molecule has 18 heavy (non-hydrogen) atoms. The molecule has 0 radical (unpaired) electrons. The topological polar surface area (TPSA) is 40.6 Å². The maximum atomic E-state index is 12.0. The van der Waals surface area contributed by atoms with Crippen molar-refractivity contribution in [2.24, 2.45) is 0 Å². The molecule has 0 bridgehead atoms. The smallest absolute Gasteiger partial charge is 0.236 e. The van der Waals surface area contributed by atoms with Crippen LogP contribution in [0.2, 0.25) is 0 Å². The molecule has 100 valence electrons. The highest BCUT2D eigenvalue weighted by Crippen LogP contribution is 2.17. The summed E-state index contributed by atoms with van der Waals surface area (Å²) in [4.78, 5) is 28.7. The quantitative estimate of drug-likeness (QED) is 0.734. The number of likely N-dealkylation sites (N-methyl/N-ethyl adjacent to an activating group) is 2. The van der Waals surface area contributed by atoms with E-state index < -0.39 is 0 Å². The molecule has 0 aliphatic rings. The fraction of sp³-hybridized carbons (Fsp3) is 0.538. The van der Waals surface area contributed by atoms with Crippen LogP contribution in [-0.2, 0) is 11.2 Å². The highest BCUT2D eigenvalue weighted by molar-refractivity contribution is 7.14. The van der Waals surface area contributed by atoms with Crippen LogP contribution in [0.4, 0.5) is 0 Å². The lowest BCUT2D eigenvalue weighted by molar-refractivity contribution is -0.129. The Morgan fingerprint density at radius 1 is 1.17 bits per heavy atom. The molecule has 0 aromatic carbocycles. The standard InChI is InChI=1S/C13H20N2O2S/c1-5-10-6-7-12(18-10)11(16)8-15(4)9-13(17)14(2)3/h6-7H,5,8-9H2,1-4H3. The van der Waals surface area contributed by atoms with E-state index in [0.29, 0.717) is 0 Å². The molecule has 0 aliphatic carbocycles. The van der Waals surface area contributed by atoms with Crippen LogP contribution in [0.3, 0.4) is 0 Å². The fourth-order valence-electron chi connectivity index (χ4n) is 1.47. The molecule has 1 amide bonds. The van der Waals surface area contributed by atoms with E-state index in [1.165, 1.54) is 21.1 Å². The molecule has 1 heterocycles. The number of ketones is 1. The van der Waals surface area contributed by atoms with Gasteiger partial charge in [0, 0.05) is 19.0 Å². The number of carbonyl (C=O) groups is 2. The largest absolute Gasteiger partial charge is 0.348 e. The Hall–Kier alpha value is -1.20. The van der Waals surface area contributed by atoms with Gasteiger partial charge in [-0.15, -0.1) is 11.3 Å². The fourth-order valence-corrected chi connectivity index (χ4v) is 2.35. The molecule has 4 nitrogen and oxygen atoms in total. The van der Waals surface area contributed by atoms with Crippen LogP contribution in [0.25, 0.3) is 0 Å². The first-order valence-corrected chi connectivity index (χ1v) is 6.76. The molecule has 0 N–H and O–H groups in total. The summed E-state index contributed by atoms with van der Waals surface area (Å²) in [7, 11) is 5.21. The molecular weight excluding hydrogens is 248 g/mol. The minimum absolute atomic E-state index is 0.00530. The number of hydrogen-bond acceptors (Lipinski definition) is 4. The van der Waals surface area contributed by atoms with E-state index in [2.05, 4.69) is 6.92 Å². The molecule has 0 saturated carbocycles. The lowest BCUT2D eigenvalue weighted by Gasteiger charge is -2.17. The number of carbonyl (C=O) groups excluding carboxylic acids is 2. The van der Waals surface area contributed by atoms with E-state index in [4.69, 9.17) is 0 Å². The lowest BCUT2D eigenvalue weighted by atomic mass is 10.3. The molecule has 0 aliphatic heterocycles. The number of amides is 1. The van der Waals surface area contributed by atoms with Crippen LogP contribution in [0.15, 0.2) is 12.1 Å². The van der Waals surface area contributed by atoms with Gasteiger partial charge in [-0.1, -0.05) is 6.92 Å². The third-order valence-electron chi connectivity index (χ3n) is 2.60. The first-order valence-electron chi connectivity index (χ1n) is 5.94. The summed E-state index contributed by atoms with van der Waals surface area (Å²) in [6, 6.07) is 3.86. The maximum absolute atomic E-state index is 12.0. The summed E-state index contributed by atoms with van der Waals surface area (Å²) < 4.78 is 0. The molecule has 0 unspecified atom stereocenters. The van der Waals surface area contributed by atoms with E-state index in [9.17, 15) is 9.59 Å². The van der Waals surface area contributed by atoms with E-state index in [0.717, 1.165) is 11.3 Å². The van der Waals surface area contributed by atoms with Crippen molar-refractivity contribution < 1.29 is 9.59 Å². The van der Waals surface area contributed by atoms with E-state index in [1.807, 2.05) is 12.1 Å². The summed E-state index contributed by atoms with van der Waals surface area (Å²) in [5.41, 5.74) is 0. The van der Waals surface area contributed by atoms with Crippen LogP contribution in [-0.4, -0.2) is 55.7 Å².